The van der Waals surface area contributed by atoms with Crippen molar-refractivity contribution in [1.29, 1.82) is 5.41 Å². The van der Waals surface area contributed by atoms with Crippen LogP contribution < -0.4 is 16.8 Å². The van der Waals surface area contributed by atoms with Crippen LogP contribution >= 0.6 is 0 Å². The third-order valence-corrected chi connectivity index (χ3v) is 2.87. The molecule has 1 aromatic rings. The summed E-state index contributed by atoms with van der Waals surface area (Å²) in [4.78, 5) is 21.9. The Kier molecular flexibility index (Phi) is 6.35. The van der Waals surface area contributed by atoms with Crippen molar-refractivity contribution in [2.45, 2.75) is 25.3 Å². The molecule has 0 aromatic heterocycles. The summed E-state index contributed by atoms with van der Waals surface area (Å²) in [7, 11) is 0. The smallest absolute Gasteiger partial charge is 0.305 e. The Morgan fingerprint density at radius 2 is 1.90 bits per heavy atom. The SMILES string of the molecule is N=C(N)c1ccc(CC(N)CC(=O)NCCC(=O)O)cc1. The van der Waals surface area contributed by atoms with Gasteiger partial charge in [-0.15, -0.1) is 0 Å². The number of amidine groups is 1. The largest absolute Gasteiger partial charge is 0.481 e. The summed E-state index contributed by atoms with van der Waals surface area (Å²) < 4.78 is 0. The third-order valence-electron chi connectivity index (χ3n) is 2.87. The molecule has 0 aliphatic carbocycles. The molecule has 1 aromatic carbocycles. The van der Waals surface area contributed by atoms with Crippen molar-refractivity contribution in [2.24, 2.45) is 11.5 Å². The van der Waals surface area contributed by atoms with E-state index in [9.17, 15) is 9.59 Å². The van der Waals surface area contributed by atoms with Crippen LogP contribution in [0, 0.1) is 5.41 Å². The van der Waals surface area contributed by atoms with Crippen LogP contribution in [0.25, 0.3) is 0 Å². The Labute approximate surface area is 122 Å². The molecule has 1 atom stereocenters. The normalized spacial score (nSPS) is 11.7. The molecule has 21 heavy (non-hydrogen) atoms. The number of carboxylic acid groups (broad SMARTS) is 1. The fourth-order valence-electron chi connectivity index (χ4n) is 1.81. The lowest BCUT2D eigenvalue weighted by Gasteiger charge is -2.12. The highest BCUT2D eigenvalue weighted by atomic mass is 16.4. The van der Waals surface area contributed by atoms with Gasteiger partial charge in [0.15, 0.2) is 0 Å². The predicted octanol–water partition coefficient (Wildman–Crippen LogP) is -0.179. The molecule has 1 unspecified atom stereocenters. The minimum atomic E-state index is -0.954. The molecule has 0 aliphatic rings. The van der Waals surface area contributed by atoms with Crippen molar-refractivity contribution >= 4 is 17.7 Å². The molecule has 0 saturated heterocycles. The molecular formula is C14H20N4O3. The summed E-state index contributed by atoms with van der Waals surface area (Å²) in [5, 5.41) is 18.3. The first-order chi connectivity index (χ1) is 9.88. The molecule has 0 aliphatic heterocycles. The molecule has 0 saturated carbocycles. The number of carbonyl (C=O) groups is 2. The topological polar surface area (TPSA) is 142 Å². The van der Waals surface area contributed by atoms with Gasteiger partial charge >= 0.3 is 5.97 Å². The Bertz CT molecular complexity index is 513. The van der Waals surface area contributed by atoms with Gasteiger partial charge in [-0.2, -0.15) is 0 Å². The highest BCUT2D eigenvalue weighted by molar-refractivity contribution is 5.94. The maximum Gasteiger partial charge on any atom is 0.305 e. The van der Waals surface area contributed by atoms with E-state index in [2.05, 4.69) is 5.32 Å². The van der Waals surface area contributed by atoms with Gasteiger partial charge in [-0.25, -0.2) is 0 Å². The fraction of sp³-hybridized carbons (Fsp3) is 0.357. The first-order valence-corrected chi connectivity index (χ1v) is 6.56. The van der Waals surface area contributed by atoms with Crippen LogP contribution in [0.3, 0.4) is 0 Å². The van der Waals surface area contributed by atoms with E-state index in [1.54, 1.807) is 12.1 Å². The number of hydrogen-bond acceptors (Lipinski definition) is 4. The lowest BCUT2D eigenvalue weighted by atomic mass is 10.0. The number of nitrogens with two attached hydrogens (primary N) is 2. The fourth-order valence-corrected chi connectivity index (χ4v) is 1.81. The molecule has 114 valence electrons. The van der Waals surface area contributed by atoms with E-state index in [1.807, 2.05) is 12.1 Å². The van der Waals surface area contributed by atoms with Crippen LogP contribution in [0.15, 0.2) is 24.3 Å². The molecule has 7 nitrogen and oxygen atoms in total. The summed E-state index contributed by atoms with van der Waals surface area (Å²) >= 11 is 0. The van der Waals surface area contributed by atoms with Gasteiger partial charge < -0.3 is 21.9 Å². The summed E-state index contributed by atoms with van der Waals surface area (Å²) in [6.45, 7) is 0.105. The minimum absolute atomic E-state index is 0.00339. The first kappa shape index (κ1) is 16.6. The molecule has 7 N–H and O–H groups in total. The standard InChI is InChI=1S/C14H20N4O3/c15-11(8-12(19)18-6-5-13(20)21)7-9-1-3-10(4-2-9)14(16)17/h1-4,11H,5-8,15H2,(H3,16,17)(H,18,19)(H,20,21). The Balaban J connectivity index is 2.38. The van der Waals surface area contributed by atoms with E-state index < -0.39 is 5.97 Å². The zero-order chi connectivity index (χ0) is 15.8. The molecule has 7 heteroatoms. The van der Waals surface area contributed by atoms with Crippen LogP contribution in [-0.4, -0.2) is 35.4 Å². The number of amides is 1. The van der Waals surface area contributed by atoms with Gasteiger partial charge in [-0.3, -0.25) is 15.0 Å². The zero-order valence-corrected chi connectivity index (χ0v) is 11.6. The van der Waals surface area contributed by atoms with E-state index >= 15 is 0 Å². The predicted molar refractivity (Wildman–Crippen MR) is 79.0 cm³/mol. The lowest BCUT2D eigenvalue weighted by molar-refractivity contribution is -0.136. The molecule has 0 spiro atoms. The van der Waals surface area contributed by atoms with Gasteiger partial charge in [0.1, 0.15) is 5.84 Å². The van der Waals surface area contributed by atoms with Gasteiger partial charge in [0.2, 0.25) is 5.91 Å². The van der Waals surface area contributed by atoms with Gasteiger partial charge in [-0.1, -0.05) is 24.3 Å². The van der Waals surface area contributed by atoms with Crippen LogP contribution in [-0.2, 0) is 16.0 Å². The Morgan fingerprint density at radius 3 is 2.43 bits per heavy atom. The maximum absolute atomic E-state index is 11.5. The van der Waals surface area contributed by atoms with E-state index in [1.165, 1.54) is 0 Å². The number of hydrogen-bond donors (Lipinski definition) is 5. The average molecular weight is 292 g/mol. The number of aliphatic carboxylic acids is 1. The molecule has 1 rings (SSSR count). The number of benzene rings is 1. The number of nitrogen functional groups attached to an aromatic ring is 1. The second-order valence-corrected chi connectivity index (χ2v) is 4.77. The Hall–Kier alpha value is -2.41. The second kappa shape index (κ2) is 8.01. The number of carbonyl (C=O) groups excluding carboxylic acids is 1. The summed E-state index contributed by atoms with van der Waals surface area (Å²) in [5.41, 5.74) is 12.8. The van der Waals surface area contributed by atoms with Crippen LogP contribution in [0.2, 0.25) is 0 Å². The molecule has 1 amide bonds. The highest BCUT2D eigenvalue weighted by Crippen LogP contribution is 2.07. The van der Waals surface area contributed by atoms with Gasteiger partial charge in [0, 0.05) is 24.6 Å². The van der Waals surface area contributed by atoms with Gasteiger partial charge in [-0.05, 0) is 12.0 Å². The summed E-state index contributed by atoms with van der Waals surface area (Å²) in [6, 6.07) is 6.75. The quantitative estimate of drug-likeness (QED) is 0.334. The molecule has 0 radical (unpaired) electrons. The maximum atomic E-state index is 11.5. The number of rotatable bonds is 8. The zero-order valence-electron chi connectivity index (χ0n) is 11.6. The first-order valence-electron chi connectivity index (χ1n) is 6.56. The molecule has 0 fully saturated rings. The molecule has 0 bridgehead atoms. The van der Waals surface area contributed by atoms with Gasteiger partial charge in [0.05, 0.1) is 6.42 Å². The lowest BCUT2D eigenvalue weighted by Crippen LogP contribution is -2.34. The van der Waals surface area contributed by atoms with Crippen LogP contribution in [0.5, 0.6) is 0 Å². The van der Waals surface area contributed by atoms with Crippen molar-refractivity contribution in [1.82, 2.24) is 5.32 Å². The molecular weight excluding hydrogens is 272 g/mol. The minimum Gasteiger partial charge on any atom is -0.481 e. The average Bonchev–Trinajstić information content (AvgIpc) is 2.38. The summed E-state index contributed by atoms with van der Waals surface area (Å²) in [6.07, 6.45) is 0.548. The Morgan fingerprint density at radius 1 is 1.29 bits per heavy atom. The van der Waals surface area contributed by atoms with Crippen LogP contribution in [0.1, 0.15) is 24.0 Å². The van der Waals surface area contributed by atoms with Crippen molar-refractivity contribution < 1.29 is 14.7 Å². The monoisotopic (exact) mass is 292 g/mol. The van der Waals surface area contributed by atoms with E-state index in [0.717, 1.165) is 5.56 Å². The van der Waals surface area contributed by atoms with Gasteiger partial charge in [0.25, 0.3) is 0 Å². The van der Waals surface area contributed by atoms with E-state index in [4.69, 9.17) is 22.0 Å². The van der Waals surface area contributed by atoms with Crippen molar-refractivity contribution in [3.8, 4) is 0 Å². The summed E-state index contributed by atoms with van der Waals surface area (Å²) in [5.74, 6) is -1.21. The van der Waals surface area contributed by atoms with Crippen molar-refractivity contribution in [2.75, 3.05) is 6.54 Å². The number of nitrogens with one attached hydrogen (secondary N) is 2. The van der Waals surface area contributed by atoms with Crippen molar-refractivity contribution in [3.05, 3.63) is 35.4 Å². The van der Waals surface area contributed by atoms with E-state index in [-0.39, 0.29) is 37.2 Å². The van der Waals surface area contributed by atoms with Crippen LogP contribution in [0.4, 0.5) is 0 Å². The van der Waals surface area contributed by atoms with E-state index in [0.29, 0.717) is 12.0 Å². The highest BCUT2D eigenvalue weighted by Gasteiger charge is 2.10. The second-order valence-electron chi connectivity index (χ2n) is 4.77. The van der Waals surface area contributed by atoms with Crippen molar-refractivity contribution in [3.63, 3.8) is 0 Å². The molecule has 0 heterocycles. The third kappa shape index (κ3) is 6.53. The number of carboxylic acids is 1.